The molecule has 1 atom stereocenters. The first kappa shape index (κ1) is 19.5. The number of benzene rings is 2. The van der Waals surface area contributed by atoms with Crippen LogP contribution in [0.3, 0.4) is 0 Å². The summed E-state index contributed by atoms with van der Waals surface area (Å²) in [4.78, 5) is 28.7. The summed E-state index contributed by atoms with van der Waals surface area (Å²) < 4.78 is 1.74. The molecule has 0 bridgehead atoms. The number of amides is 2. The minimum Gasteiger partial charge on any atom is -0.311 e. The normalized spacial score (nSPS) is 19.5. The summed E-state index contributed by atoms with van der Waals surface area (Å²) in [6.45, 7) is 6.88. The van der Waals surface area contributed by atoms with Crippen molar-refractivity contribution in [3.05, 3.63) is 70.9 Å². The Morgan fingerprint density at radius 3 is 2.65 bits per heavy atom. The Balaban J connectivity index is 1.71. The van der Waals surface area contributed by atoms with Crippen molar-refractivity contribution < 1.29 is 9.59 Å². The first-order valence-corrected chi connectivity index (χ1v) is 10.8. The minimum absolute atomic E-state index is 0.0297. The molecule has 6 nitrogen and oxygen atoms in total. The number of unbranched alkanes of at least 4 members (excludes halogenated alkanes) is 1. The summed E-state index contributed by atoms with van der Waals surface area (Å²) in [7, 11) is 0. The average molecular weight is 415 g/mol. The number of carbonyl (C=O) groups is 2. The zero-order valence-corrected chi connectivity index (χ0v) is 18.1. The lowest BCUT2D eigenvalue weighted by Crippen LogP contribution is -2.46. The van der Waals surface area contributed by atoms with E-state index in [1.165, 1.54) is 5.56 Å². The van der Waals surface area contributed by atoms with Gasteiger partial charge in [-0.2, -0.15) is 5.10 Å². The van der Waals surface area contributed by atoms with Gasteiger partial charge in [0.05, 0.1) is 11.9 Å². The van der Waals surface area contributed by atoms with Crippen molar-refractivity contribution in [2.45, 2.75) is 45.4 Å². The van der Waals surface area contributed by atoms with Crippen molar-refractivity contribution in [2.24, 2.45) is 0 Å². The minimum atomic E-state index is -1.03. The third-order valence-electron chi connectivity index (χ3n) is 6.65. The van der Waals surface area contributed by atoms with Crippen molar-refractivity contribution in [1.82, 2.24) is 9.78 Å². The van der Waals surface area contributed by atoms with Crippen LogP contribution in [0.5, 0.6) is 0 Å². The summed E-state index contributed by atoms with van der Waals surface area (Å²) in [5, 5.41) is 7.61. The highest BCUT2D eigenvalue weighted by atomic mass is 16.2. The fraction of sp³-hybridized carbons (Fsp3) is 0.320. The molecule has 2 aromatic carbocycles. The number of hydrogen-bond acceptors (Lipinski definition) is 3. The Kier molecular flexibility index (Phi) is 4.46. The van der Waals surface area contributed by atoms with E-state index in [9.17, 15) is 9.59 Å². The standard InChI is InChI=1S/C25H26N4O2/c1-4-5-12-28-21-9-7-6-8-19(21)25(24(28)31)14-22(30)27-23-20(25)15-26-29(23)18-11-10-16(2)17(3)13-18/h6-11,13,15H,4-5,12,14H2,1-3H3,(H,27,30)/t25-/m0/s1. The molecule has 0 fully saturated rings. The number of para-hydroxylation sites is 1. The maximum Gasteiger partial charge on any atom is 0.242 e. The van der Waals surface area contributed by atoms with Crippen LogP contribution in [0.1, 0.15) is 48.4 Å². The number of anilines is 2. The smallest absolute Gasteiger partial charge is 0.242 e. The monoisotopic (exact) mass is 414 g/mol. The predicted molar refractivity (Wildman–Crippen MR) is 121 cm³/mol. The molecule has 0 radical (unpaired) electrons. The molecule has 3 heterocycles. The number of fused-ring (bicyclic) bond motifs is 4. The molecule has 0 saturated heterocycles. The van der Waals surface area contributed by atoms with Crippen LogP contribution >= 0.6 is 0 Å². The lowest BCUT2D eigenvalue weighted by atomic mass is 9.72. The van der Waals surface area contributed by atoms with Gasteiger partial charge in [0.2, 0.25) is 11.8 Å². The molecule has 3 aromatic rings. The van der Waals surface area contributed by atoms with E-state index < -0.39 is 5.41 Å². The van der Waals surface area contributed by atoms with Crippen LogP contribution in [-0.4, -0.2) is 28.1 Å². The Hall–Kier alpha value is -3.41. The van der Waals surface area contributed by atoms with Gasteiger partial charge in [-0.3, -0.25) is 9.59 Å². The molecular weight excluding hydrogens is 388 g/mol. The van der Waals surface area contributed by atoms with Gasteiger partial charge in [0, 0.05) is 24.2 Å². The first-order chi connectivity index (χ1) is 15.0. The van der Waals surface area contributed by atoms with Crippen molar-refractivity contribution in [2.75, 3.05) is 16.8 Å². The van der Waals surface area contributed by atoms with Crippen LogP contribution in [-0.2, 0) is 15.0 Å². The van der Waals surface area contributed by atoms with Gasteiger partial charge in [-0.25, -0.2) is 4.68 Å². The second-order valence-electron chi connectivity index (χ2n) is 8.54. The highest BCUT2D eigenvalue weighted by Crippen LogP contribution is 2.52. The number of hydrogen-bond donors (Lipinski definition) is 1. The van der Waals surface area contributed by atoms with Crippen LogP contribution in [0.4, 0.5) is 11.5 Å². The number of carbonyl (C=O) groups excluding carboxylic acids is 2. The maximum atomic E-state index is 13.9. The fourth-order valence-electron chi connectivity index (χ4n) is 4.84. The lowest BCUT2D eigenvalue weighted by molar-refractivity contribution is -0.126. The summed E-state index contributed by atoms with van der Waals surface area (Å²) >= 11 is 0. The van der Waals surface area contributed by atoms with Crippen LogP contribution in [0, 0.1) is 13.8 Å². The largest absolute Gasteiger partial charge is 0.311 e. The Morgan fingerprint density at radius 1 is 1.06 bits per heavy atom. The molecule has 5 rings (SSSR count). The Morgan fingerprint density at radius 2 is 1.87 bits per heavy atom. The van der Waals surface area contributed by atoms with Gasteiger partial charge >= 0.3 is 0 Å². The van der Waals surface area contributed by atoms with Crippen molar-refractivity contribution in [3.8, 4) is 5.69 Å². The molecule has 1 aromatic heterocycles. The molecule has 31 heavy (non-hydrogen) atoms. The van der Waals surface area contributed by atoms with E-state index in [1.54, 1.807) is 10.9 Å². The SMILES string of the molecule is CCCCN1C(=O)[C@@]2(CC(=O)Nc3c2cnn3-c2ccc(C)c(C)c2)c2ccccc21. The molecule has 2 amide bonds. The van der Waals surface area contributed by atoms with Crippen molar-refractivity contribution >= 4 is 23.3 Å². The number of rotatable bonds is 4. The first-order valence-electron chi connectivity index (χ1n) is 10.8. The number of aryl methyl sites for hydroxylation is 2. The van der Waals surface area contributed by atoms with E-state index in [2.05, 4.69) is 31.2 Å². The van der Waals surface area contributed by atoms with Crippen LogP contribution in [0.15, 0.2) is 48.7 Å². The van der Waals surface area contributed by atoms with Crippen LogP contribution in [0.25, 0.3) is 5.69 Å². The zero-order chi connectivity index (χ0) is 21.8. The van der Waals surface area contributed by atoms with Gasteiger partial charge in [-0.15, -0.1) is 0 Å². The zero-order valence-electron chi connectivity index (χ0n) is 18.1. The molecule has 0 saturated carbocycles. The molecule has 6 heteroatoms. The molecule has 1 N–H and O–H groups in total. The van der Waals surface area contributed by atoms with Gasteiger partial charge in [0.1, 0.15) is 11.2 Å². The molecule has 158 valence electrons. The van der Waals surface area contributed by atoms with Crippen LogP contribution < -0.4 is 10.2 Å². The Labute approximate surface area is 181 Å². The number of aromatic nitrogens is 2. The second kappa shape index (κ2) is 7.08. The fourth-order valence-corrected chi connectivity index (χ4v) is 4.84. The number of nitrogens with zero attached hydrogens (tertiary/aromatic N) is 3. The topological polar surface area (TPSA) is 67.2 Å². The summed E-state index contributed by atoms with van der Waals surface area (Å²) in [5.74, 6) is 0.386. The third kappa shape index (κ3) is 2.74. The molecular formula is C25H26N4O2. The quantitative estimate of drug-likeness (QED) is 0.693. The van der Waals surface area contributed by atoms with E-state index in [0.29, 0.717) is 12.4 Å². The summed E-state index contributed by atoms with van der Waals surface area (Å²) in [6.07, 6.45) is 3.76. The van der Waals surface area contributed by atoms with E-state index in [-0.39, 0.29) is 18.2 Å². The van der Waals surface area contributed by atoms with Crippen molar-refractivity contribution in [1.29, 1.82) is 0 Å². The molecule has 0 aliphatic carbocycles. The summed E-state index contributed by atoms with van der Waals surface area (Å²) in [5.41, 5.74) is 4.74. The number of nitrogens with one attached hydrogen (secondary N) is 1. The van der Waals surface area contributed by atoms with Crippen molar-refractivity contribution in [3.63, 3.8) is 0 Å². The lowest BCUT2D eigenvalue weighted by Gasteiger charge is -2.32. The maximum absolute atomic E-state index is 13.9. The third-order valence-corrected chi connectivity index (χ3v) is 6.65. The molecule has 1 spiro atoms. The van der Waals surface area contributed by atoms with E-state index in [1.807, 2.05) is 47.4 Å². The van der Waals surface area contributed by atoms with Gasteiger partial charge in [0.25, 0.3) is 0 Å². The van der Waals surface area contributed by atoms with E-state index in [0.717, 1.165) is 40.9 Å². The molecule has 2 aliphatic rings. The van der Waals surface area contributed by atoms with Crippen LogP contribution in [0.2, 0.25) is 0 Å². The average Bonchev–Trinajstić information content (AvgIpc) is 3.28. The van der Waals surface area contributed by atoms with Gasteiger partial charge in [0.15, 0.2) is 0 Å². The molecule has 2 aliphatic heterocycles. The van der Waals surface area contributed by atoms with Gasteiger partial charge in [-0.05, 0) is 55.2 Å². The Bertz CT molecular complexity index is 1210. The molecule has 0 unspecified atom stereocenters. The van der Waals surface area contributed by atoms with E-state index >= 15 is 0 Å². The van der Waals surface area contributed by atoms with E-state index in [4.69, 9.17) is 0 Å². The highest BCUT2D eigenvalue weighted by molar-refractivity contribution is 6.15. The van der Waals surface area contributed by atoms with Gasteiger partial charge < -0.3 is 10.2 Å². The highest BCUT2D eigenvalue weighted by Gasteiger charge is 2.56. The van der Waals surface area contributed by atoms with Gasteiger partial charge in [-0.1, -0.05) is 37.6 Å². The summed E-state index contributed by atoms with van der Waals surface area (Å²) in [6, 6.07) is 13.9. The second-order valence-corrected chi connectivity index (χ2v) is 8.54. The predicted octanol–water partition coefficient (Wildman–Crippen LogP) is 4.26.